The molecule has 1 aliphatic carbocycles. The maximum Gasteiger partial charge on any atom is 0.311 e. The fourth-order valence-electron chi connectivity index (χ4n) is 1.71. The molecule has 0 radical (unpaired) electrons. The molecule has 2 atom stereocenters. The standard InChI is InChI=1S/C10H18O3/c1-7(2)13-10(12)8-5-3-4-6-9(8)11/h7-9,11H,3-6H2,1-2H3/t8-,9+/m0/s1. The van der Waals surface area contributed by atoms with Crippen molar-refractivity contribution < 1.29 is 14.6 Å². The number of rotatable bonds is 2. The molecular formula is C10H18O3. The van der Waals surface area contributed by atoms with E-state index in [9.17, 15) is 9.90 Å². The van der Waals surface area contributed by atoms with E-state index >= 15 is 0 Å². The van der Waals surface area contributed by atoms with Crippen molar-refractivity contribution >= 4 is 5.97 Å². The largest absolute Gasteiger partial charge is 0.463 e. The van der Waals surface area contributed by atoms with Crippen LogP contribution < -0.4 is 0 Å². The van der Waals surface area contributed by atoms with Gasteiger partial charge in [0.1, 0.15) is 0 Å². The number of carbonyl (C=O) groups excluding carboxylic acids is 1. The lowest BCUT2D eigenvalue weighted by Crippen LogP contribution is -2.33. The van der Waals surface area contributed by atoms with Gasteiger partial charge in [-0.3, -0.25) is 4.79 Å². The van der Waals surface area contributed by atoms with Gasteiger partial charge in [0, 0.05) is 0 Å². The second-order valence-corrected chi connectivity index (χ2v) is 3.94. The van der Waals surface area contributed by atoms with Gasteiger partial charge in [-0.05, 0) is 26.7 Å². The number of hydrogen-bond acceptors (Lipinski definition) is 3. The summed E-state index contributed by atoms with van der Waals surface area (Å²) in [5, 5.41) is 9.55. The van der Waals surface area contributed by atoms with Crippen LogP contribution in [0.4, 0.5) is 0 Å². The van der Waals surface area contributed by atoms with Crippen LogP contribution in [0.25, 0.3) is 0 Å². The Hall–Kier alpha value is -0.570. The predicted molar refractivity (Wildman–Crippen MR) is 49.2 cm³/mol. The van der Waals surface area contributed by atoms with Crippen LogP contribution in [-0.2, 0) is 9.53 Å². The van der Waals surface area contributed by atoms with Crippen molar-refractivity contribution in [1.82, 2.24) is 0 Å². The third-order valence-electron chi connectivity index (χ3n) is 2.38. The molecule has 0 amide bonds. The third kappa shape index (κ3) is 2.99. The second kappa shape index (κ2) is 4.61. The summed E-state index contributed by atoms with van der Waals surface area (Å²) < 4.78 is 5.06. The highest BCUT2D eigenvalue weighted by molar-refractivity contribution is 5.73. The monoisotopic (exact) mass is 186 g/mol. The lowest BCUT2D eigenvalue weighted by Gasteiger charge is -2.26. The third-order valence-corrected chi connectivity index (χ3v) is 2.38. The number of hydrogen-bond donors (Lipinski definition) is 1. The fourth-order valence-corrected chi connectivity index (χ4v) is 1.71. The number of esters is 1. The molecule has 1 rings (SSSR count). The summed E-state index contributed by atoms with van der Waals surface area (Å²) in [6, 6.07) is 0. The van der Waals surface area contributed by atoms with Gasteiger partial charge in [0.15, 0.2) is 0 Å². The van der Waals surface area contributed by atoms with Crippen molar-refractivity contribution in [2.45, 2.75) is 51.7 Å². The molecule has 0 aliphatic heterocycles. The van der Waals surface area contributed by atoms with Gasteiger partial charge in [0.25, 0.3) is 0 Å². The Kier molecular flexibility index (Phi) is 3.72. The van der Waals surface area contributed by atoms with Gasteiger partial charge in [-0.15, -0.1) is 0 Å². The molecule has 0 heterocycles. The number of carbonyl (C=O) groups is 1. The smallest absolute Gasteiger partial charge is 0.311 e. The van der Waals surface area contributed by atoms with Crippen LogP contribution in [0.1, 0.15) is 39.5 Å². The second-order valence-electron chi connectivity index (χ2n) is 3.94. The molecule has 1 N–H and O–H groups in total. The van der Waals surface area contributed by atoms with E-state index in [0.29, 0.717) is 0 Å². The summed E-state index contributed by atoms with van der Waals surface area (Å²) in [4.78, 5) is 11.4. The van der Waals surface area contributed by atoms with Crippen LogP contribution in [0.2, 0.25) is 0 Å². The van der Waals surface area contributed by atoms with Gasteiger partial charge in [-0.25, -0.2) is 0 Å². The quantitative estimate of drug-likeness (QED) is 0.664. The molecule has 1 fully saturated rings. The van der Waals surface area contributed by atoms with Crippen LogP contribution in [0, 0.1) is 5.92 Å². The minimum Gasteiger partial charge on any atom is -0.463 e. The molecule has 0 aromatic carbocycles. The van der Waals surface area contributed by atoms with Gasteiger partial charge in [0.2, 0.25) is 0 Å². The van der Waals surface area contributed by atoms with Gasteiger partial charge in [0.05, 0.1) is 18.1 Å². The van der Waals surface area contributed by atoms with Crippen molar-refractivity contribution in [2.75, 3.05) is 0 Å². The summed E-state index contributed by atoms with van der Waals surface area (Å²) in [5.41, 5.74) is 0. The van der Waals surface area contributed by atoms with Gasteiger partial charge < -0.3 is 9.84 Å². The lowest BCUT2D eigenvalue weighted by atomic mass is 9.87. The van der Waals surface area contributed by atoms with E-state index in [1.165, 1.54) is 0 Å². The Bertz CT molecular complexity index is 177. The summed E-state index contributed by atoms with van der Waals surface area (Å²) in [6.45, 7) is 3.65. The van der Waals surface area contributed by atoms with Crippen molar-refractivity contribution in [1.29, 1.82) is 0 Å². The Balaban J connectivity index is 2.44. The van der Waals surface area contributed by atoms with Crippen LogP contribution in [-0.4, -0.2) is 23.3 Å². The summed E-state index contributed by atoms with van der Waals surface area (Å²) in [6.07, 6.45) is 2.98. The lowest BCUT2D eigenvalue weighted by molar-refractivity contribution is -0.158. The maximum atomic E-state index is 11.4. The van der Waals surface area contributed by atoms with Gasteiger partial charge in [-0.1, -0.05) is 12.8 Å². The molecule has 76 valence electrons. The van der Waals surface area contributed by atoms with Crippen molar-refractivity contribution in [2.24, 2.45) is 5.92 Å². The molecule has 0 unspecified atom stereocenters. The zero-order chi connectivity index (χ0) is 9.84. The van der Waals surface area contributed by atoms with Gasteiger partial charge in [-0.2, -0.15) is 0 Å². The molecule has 3 heteroatoms. The highest BCUT2D eigenvalue weighted by Gasteiger charge is 2.30. The molecule has 1 saturated carbocycles. The summed E-state index contributed by atoms with van der Waals surface area (Å²) in [5.74, 6) is -0.515. The van der Waals surface area contributed by atoms with E-state index < -0.39 is 6.10 Å². The van der Waals surface area contributed by atoms with Crippen molar-refractivity contribution in [3.8, 4) is 0 Å². The molecule has 13 heavy (non-hydrogen) atoms. The summed E-state index contributed by atoms with van der Waals surface area (Å²) >= 11 is 0. The number of aliphatic hydroxyl groups excluding tert-OH is 1. The molecule has 0 spiro atoms. The Morgan fingerprint density at radius 3 is 2.54 bits per heavy atom. The molecule has 0 saturated heterocycles. The average molecular weight is 186 g/mol. The van der Waals surface area contributed by atoms with E-state index in [-0.39, 0.29) is 18.0 Å². The molecular weight excluding hydrogens is 168 g/mol. The highest BCUT2D eigenvalue weighted by Crippen LogP contribution is 2.25. The van der Waals surface area contributed by atoms with E-state index in [1.807, 2.05) is 13.8 Å². The SMILES string of the molecule is CC(C)OC(=O)[C@H]1CCCC[C@H]1O. The minimum atomic E-state index is -0.486. The van der Waals surface area contributed by atoms with E-state index in [0.717, 1.165) is 25.7 Å². The van der Waals surface area contributed by atoms with E-state index in [4.69, 9.17) is 4.74 Å². The minimum absolute atomic E-state index is 0.0818. The van der Waals surface area contributed by atoms with Crippen LogP contribution in [0.15, 0.2) is 0 Å². The predicted octanol–water partition coefficient (Wildman–Crippen LogP) is 1.49. The highest BCUT2D eigenvalue weighted by atomic mass is 16.5. The van der Waals surface area contributed by atoms with Crippen molar-refractivity contribution in [3.05, 3.63) is 0 Å². The zero-order valence-corrected chi connectivity index (χ0v) is 8.32. The van der Waals surface area contributed by atoms with E-state index in [2.05, 4.69) is 0 Å². The molecule has 0 aromatic rings. The first-order valence-electron chi connectivity index (χ1n) is 5.00. The normalized spacial score (nSPS) is 28.9. The maximum absolute atomic E-state index is 11.4. The van der Waals surface area contributed by atoms with Gasteiger partial charge >= 0.3 is 5.97 Å². The first kappa shape index (κ1) is 10.5. The molecule has 1 aliphatic rings. The molecule has 0 bridgehead atoms. The van der Waals surface area contributed by atoms with Crippen LogP contribution >= 0.6 is 0 Å². The topological polar surface area (TPSA) is 46.5 Å². The van der Waals surface area contributed by atoms with Crippen molar-refractivity contribution in [3.63, 3.8) is 0 Å². The Morgan fingerprint density at radius 1 is 1.38 bits per heavy atom. The van der Waals surface area contributed by atoms with Crippen LogP contribution in [0.3, 0.4) is 0 Å². The van der Waals surface area contributed by atoms with Crippen LogP contribution in [0.5, 0.6) is 0 Å². The van der Waals surface area contributed by atoms with E-state index in [1.54, 1.807) is 0 Å². The Labute approximate surface area is 79.1 Å². The first-order chi connectivity index (χ1) is 6.11. The number of ether oxygens (including phenoxy) is 1. The first-order valence-corrected chi connectivity index (χ1v) is 5.00. The summed E-state index contributed by atoms with van der Waals surface area (Å²) in [7, 11) is 0. The molecule has 0 aromatic heterocycles. The zero-order valence-electron chi connectivity index (χ0n) is 8.32. The fraction of sp³-hybridized carbons (Fsp3) is 0.900. The number of aliphatic hydroxyl groups is 1. The Morgan fingerprint density at radius 2 is 2.00 bits per heavy atom. The molecule has 3 nitrogen and oxygen atoms in total. The average Bonchev–Trinajstić information content (AvgIpc) is 2.03.